The highest BCUT2D eigenvalue weighted by Crippen LogP contribution is 2.34. The molecule has 0 spiro atoms. The van der Waals surface area contributed by atoms with E-state index in [0.29, 0.717) is 29.2 Å². The number of aryl methyl sites for hydroxylation is 2. The molecule has 2 amide bonds. The lowest BCUT2D eigenvalue weighted by Crippen LogP contribution is -2.18. The second kappa shape index (κ2) is 7.81. The van der Waals surface area contributed by atoms with E-state index in [9.17, 15) is 9.59 Å². The summed E-state index contributed by atoms with van der Waals surface area (Å²) >= 11 is 1.43. The van der Waals surface area contributed by atoms with Gasteiger partial charge in [-0.05, 0) is 31.0 Å². The number of fused-ring (bicyclic) bond motifs is 1. The van der Waals surface area contributed by atoms with Crippen LogP contribution < -0.4 is 10.6 Å². The normalized spacial score (nSPS) is 12.9. The summed E-state index contributed by atoms with van der Waals surface area (Å²) < 4.78 is 0. The van der Waals surface area contributed by atoms with Gasteiger partial charge in [0.05, 0.1) is 23.1 Å². The SMILES string of the molecule is Cc1sc(NC(=O)c2cn[nH]c2-c2ccccc2)nc1-c1ccc2c(c1)CCC(=O)N2. The lowest BCUT2D eigenvalue weighted by atomic mass is 9.99. The fraction of sp³-hybridized carbons (Fsp3) is 0.130. The molecule has 0 bridgehead atoms. The molecular weight excluding hydrogens is 410 g/mol. The number of aromatic nitrogens is 3. The Bertz CT molecular complexity index is 1290. The second-order valence-electron chi connectivity index (χ2n) is 7.32. The third kappa shape index (κ3) is 3.73. The van der Waals surface area contributed by atoms with Gasteiger partial charge in [0.2, 0.25) is 5.91 Å². The van der Waals surface area contributed by atoms with Gasteiger partial charge in [-0.3, -0.25) is 20.0 Å². The summed E-state index contributed by atoms with van der Waals surface area (Å²) in [6.45, 7) is 1.98. The minimum Gasteiger partial charge on any atom is -0.326 e. The standard InChI is InChI=1S/C23H19N5O2S/c1-13-20(16-7-9-18-15(11-16)8-10-19(29)25-18)26-23(31-13)27-22(30)17-12-24-28-21(17)14-5-3-2-4-6-14/h2-7,9,11-12H,8,10H2,1H3,(H,24,28)(H,25,29)(H,26,27,30). The van der Waals surface area contributed by atoms with E-state index in [1.807, 2.05) is 49.4 Å². The van der Waals surface area contributed by atoms with Crippen LogP contribution in [0.2, 0.25) is 0 Å². The van der Waals surface area contributed by atoms with E-state index < -0.39 is 0 Å². The molecular formula is C23H19N5O2S. The summed E-state index contributed by atoms with van der Waals surface area (Å²) in [7, 11) is 0. The molecule has 4 aromatic rings. The number of hydrogen-bond donors (Lipinski definition) is 3. The van der Waals surface area contributed by atoms with Gasteiger partial charge in [0.1, 0.15) is 0 Å². The van der Waals surface area contributed by atoms with Gasteiger partial charge >= 0.3 is 0 Å². The first-order chi connectivity index (χ1) is 15.1. The van der Waals surface area contributed by atoms with Crippen molar-refractivity contribution in [1.82, 2.24) is 15.2 Å². The number of benzene rings is 2. The molecule has 7 nitrogen and oxygen atoms in total. The van der Waals surface area contributed by atoms with Crippen LogP contribution in [-0.4, -0.2) is 27.0 Å². The van der Waals surface area contributed by atoms with Crippen molar-refractivity contribution in [3.63, 3.8) is 0 Å². The van der Waals surface area contributed by atoms with Crippen LogP contribution in [0.5, 0.6) is 0 Å². The molecule has 1 aliphatic heterocycles. The van der Waals surface area contributed by atoms with Crippen LogP contribution in [0.25, 0.3) is 22.5 Å². The van der Waals surface area contributed by atoms with Gasteiger partial charge in [-0.25, -0.2) is 4.98 Å². The number of hydrogen-bond acceptors (Lipinski definition) is 5. The Morgan fingerprint density at radius 1 is 1.10 bits per heavy atom. The Morgan fingerprint density at radius 2 is 1.94 bits per heavy atom. The molecule has 2 aromatic carbocycles. The van der Waals surface area contributed by atoms with E-state index in [4.69, 9.17) is 0 Å². The number of nitrogens with one attached hydrogen (secondary N) is 3. The summed E-state index contributed by atoms with van der Waals surface area (Å²) in [5.74, 6) is -0.217. The first kappa shape index (κ1) is 19.2. The van der Waals surface area contributed by atoms with Gasteiger partial charge in [-0.15, -0.1) is 11.3 Å². The molecule has 0 aliphatic carbocycles. The molecule has 0 radical (unpaired) electrons. The summed E-state index contributed by atoms with van der Waals surface area (Å²) in [6, 6.07) is 15.5. The lowest BCUT2D eigenvalue weighted by molar-refractivity contribution is -0.116. The number of carbonyl (C=O) groups excluding carboxylic acids is 2. The van der Waals surface area contributed by atoms with Gasteiger partial charge in [0, 0.05) is 28.1 Å². The highest BCUT2D eigenvalue weighted by molar-refractivity contribution is 7.16. The number of carbonyl (C=O) groups is 2. The molecule has 0 saturated carbocycles. The molecule has 8 heteroatoms. The van der Waals surface area contributed by atoms with Crippen molar-refractivity contribution in [1.29, 1.82) is 0 Å². The fourth-order valence-electron chi connectivity index (χ4n) is 3.70. The predicted octanol–water partition coefficient (Wildman–Crippen LogP) is 4.65. The van der Waals surface area contributed by atoms with Gasteiger partial charge in [0.15, 0.2) is 5.13 Å². The zero-order valence-corrected chi connectivity index (χ0v) is 17.5. The maximum absolute atomic E-state index is 12.9. The van der Waals surface area contributed by atoms with E-state index >= 15 is 0 Å². The molecule has 1 aliphatic rings. The highest BCUT2D eigenvalue weighted by Gasteiger charge is 2.20. The molecule has 0 saturated heterocycles. The Kier molecular flexibility index (Phi) is 4.83. The molecule has 3 heterocycles. The lowest BCUT2D eigenvalue weighted by Gasteiger charge is -2.17. The van der Waals surface area contributed by atoms with Crippen LogP contribution in [0.15, 0.2) is 54.7 Å². The average Bonchev–Trinajstić information content (AvgIpc) is 3.41. The Hall–Kier alpha value is -3.78. The van der Waals surface area contributed by atoms with E-state index in [1.165, 1.54) is 17.5 Å². The monoisotopic (exact) mass is 429 g/mol. The number of H-pyrrole nitrogens is 1. The predicted molar refractivity (Wildman–Crippen MR) is 121 cm³/mol. The number of amides is 2. The molecule has 154 valence electrons. The Morgan fingerprint density at radius 3 is 2.77 bits per heavy atom. The minimum atomic E-state index is -0.263. The second-order valence-corrected chi connectivity index (χ2v) is 8.53. The molecule has 0 atom stereocenters. The van der Waals surface area contributed by atoms with E-state index in [-0.39, 0.29) is 11.8 Å². The van der Waals surface area contributed by atoms with Crippen LogP contribution in [0.1, 0.15) is 27.2 Å². The molecule has 31 heavy (non-hydrogen) atoms. The average molecular weight is 430 g/mol. The number of rotatable bonds is 4. The largest absolute Gasteiger partial charge is 0.326 e. The Labute approximate surface area is 182 Å². The molecule has 3 N–H and O–H groups in total. The first-order valence-electron chi connectivity index (χ1n) is 9.89. The summed E-state index contributed by atoms with van der Waals surface area (Å²) in [5.41, 5.74) is 5.78. The van der Waals surface area contributed by atoms with Gasteiger partial charge in [-0.2, -0.15) is 5.10 Å². The van der Waals surface area contributed by atoms with Crippen LogP contribution in [-0.2, 0) is 11.2 Å². The summed E-state index contributed by atoms with van der Waals surface area (Å²) in [5, 5.41) is 13.3. The zero-order valence-electron chi connectivity index (χ0n) is 16.7. The van der Waals surface area contributed by atoms with Crippen molar-refractivity contribution in [3.8, 4) is 22.5 Å². The number of aromatic amines is 1. The van der Waals surface area contributed by atoms with E-state index in [2.05, 4.69) is 31.9 Å². The maximum Gasteiger partial charge on any atom is 0.261 e. The number of anilines is 2. The van der Waals surface area contributed by atoms with Gasteiger partial charge in [-0.1, -0.05) is 36.4 Å². The third-order valence-corrected chi connectivity index (χ3v) is 6.12. The fourth-order valence-corrected chi connectivity index (χ4v) is 4.53. The van der Waals surface area contributed by atoms with Crippen molar-refractivity contribution >= 4 is 34.0 Å². The molecule has 2 aromatic heterocycles. The number of nitrogens with zero attached hydrogens (tertiary/aromatic N) is 2. The smallest absolute Gasteiger partial charge is 0.261 e. The number of thiazole rings is 1. The first-order valence-corrected chi connectivity index (χ1v) is 10.7. The van der Waals surface area contributed by atoms with E-state index in [0.717, 1.165) is 32.9 Å². The molecule has 0 fully saturated rings. The minimum absolute atomic E-state index is 0.0456. The van der Waals surface area contributed by atoms with Crippen LogP contribution in [0.3, 0.4) is 0 Å². The highest BCUT2D eigenvalue weighted by atomic mass is 32.1. The quantitative estimate of drug-likeness (QED) is 0.440. The zero-order chi connectivity index (χ0) is 21.4. The topological polar surface area (TPSA) is 99.8 Å². The summed E-state index contributed by atoms with van der Waals surface area (Å²) in [4.78, 5) is 30.2. The van der Waals surface area contributed by atoms with Crippen molar-refractivity contribution in [2.24, 2.45) is 0 Å². The van der Waals surface area contributed by atoms with Crippen molar-refractivity contribution < 1.29 is 9.59 Å². The molecule has 5 rings (SSSR count). The Balaban J connectivity index is 1.40. The van der Waals surface area contributed by atoms with Gasteiger partial charge < -0.3 is 5.32 Å². The van der Waals surface area contributed by atoms with Crippen molar-refractivity contribution in [2.45, 2.75) is 19.8 Å². The maximum atomic E-state index is 12.9. The van der Waals surface area contributed by atoms with Crippen molar-refractivity contribution in [3.05, 3.63) is 70.7 Å². The summed E-state index contributed by atoms with van der Waals surface area (Å²) in [6.07, 6.45) is 2.73. The van der Waals surface area contributed by atoms with Crippen LogP contribution in [0.4, 0.5) is 10.8 Å². The molecule has 0 unspecified atom stereocenters. The van der Waals surface area contributed by atoms with Gasteiger partial charge in [0.25, 0.3) is 5.91 Å². The van der Waals surface area contributed by atoms with Crippen LogP contribution >= 0.6 is 11.3 Å². The van der Waals surface area contributed by atoms with Crippen LogP contribution in [0, 0.1) is 6.92 Å². The van der Waals surface area contributed by atoms with E-state index in [1.54, 1.807) is 0 Å². The third-order valence-electron chi connectivity index (χ3n) is 5.24. The van der Waals surface area contributed by atoms with Crippen molar-refractivity contribution in [2.75, 3.05) is 10.6 Å².